The van der Waals surface area contributed by atoms with Crippen LogP contribution in [-0.2, 0) is 37.1 Å². The Morgan fingerprint density at radius 1 is 0.750 bits per heavy atom. The van der Waals surface area contributed by atoms with Gasteiger partial charge < -0.3 is 14.3 Å². The van der Waals surface area contributed by atoms with Crippen LogP contribution >= 0.6 is 15.9 Å². The summed E-state index contributed by atoms with van der Waals surface area (Å²) < 4.78 is 11.7. The summed E-state index contributed by atoms with van der Waals surface area (Å²) in [5, 5.41) is 0. The monoisotopic (exact) mass is 494 g/mol. The predicted octanol–water partition coefficient (Wildman–Crippen LogP) is 5.22. The number of carbonyl (C=O) groups is 3. The number of hydrogen-bond acceptors (Lipinski definition) is 5. The maximum atomic E-state index is 13.1. The molecule has 0 radical (unpaired) electrons. The summed E-state index contributed by atoms with van der Waals surface area (Å²) in [5.41, 5.74) is 2.26. The zero-order valence-electron chi connectivity index (χ0n) is 17.4. The van der Waals surface area contributed by atoms with Crippen LogP contribution in [0.4, 0.5) is 0 Å². The van der Waals surface area contributed by atoms with E-state index in [2.05, 4.69) is 15.9 Å². The van der Waals surface area contributed by atoms with E-state index >= 15 is 0 Å². The summed E-state index contributed by atoms with van der Waals surface area (Å²) in [7, 11) is 0. The molecule has 0 aromatic heterocycles. The molecule has 0 fully saturated rings. The second kappa shape index (κ2) is 12.0. The Labute approximate surface area is 195 Å². The number of benzene rings is 3. The second-order valence-electron chi connectivity index (χ2n) is 7.19. The van der Waals surface area contributed by atoms with Gasteiger partial charge in [0.05, 0.1) is 0 Å². The molecule has 3 aromatic carbocycles. The van der Waals surface area contributed by atoms with Crippen molar-refractivity contribution in [2.75, 3.05) is 0 Å². The molecule has 0 bridgehead atoms. The molecule has 0 saturated carbocycles. The Bertz CT molecular complexity index is 981. The minimum absolute atomic E-state index is 0.0197. The van der Waals surface area contributed by atoms with E-state index in [-0.39, 0.29) is 19.6 Å². The van der Waals surface area contributed by atoms with Gasteiger partial charge in [0.15, 0.2) is 5.92 Å². The fraction of sp³-hybridized carbons (Fsp3) is 0.192. The van der Waals surface area contributed by atoms with Crippen molar-refractivity contribution >= 4 is 34.2 Å². The largest absolute Gasteiger partial charge is 0.460 e. The molecule has 0 spiro atoms. The highest BCUT2D eigenvalue weighted by Crippen LogP contribution is 2.34. The standard InChI is InChI=1S/C26H23BrO5/c27-23-14-8-7-13-21(23)22(15-16-28)24(25(29)31-17-19-9-3-1-4-10-19)26(30)32-18-20-11-5-2-6-12-20/h1-14,16,22,24H,15,17-18H2/t22-/m0/s1. The maximum absolute atomic E-state index is 13.1. The number of carbonyl (C=O) groups excluding carboxylic acids is 3. The van der Waals surface area contributed by atoms with Gasteiger partial charge >= 0.3 is 11.9 Å². The van der Waals surface area contributed by atoms with Crippen LogP contribution in [-0.4, -0.2) is 18.2 Å². The molecule has 0 aliphatic rings. The van der Waals surface area contributed by atoms with Gasteiger partial charge in [-0.1, -0.05) is 94.8 Å². The Hall–Kier alpha value is -3.25. The number of ether oxygens (including phenoxy) is 2. The van der Waals surface area contributed by atoms with Crippen molar-refractivity contribution in [1.82, 2.24) is 0 Å². The molecule has 3 aromatic rings. The average Bonchev–Trinajstić information content (AvgIpc) is 2.83. The highest BCUT2D eigenvalue weighted by molar-refractivity contribution is 9.10. The van der Waals surface area contributed by atoms with Crippen molar-refractivity contribution < 1.29 is 23.9 Å². The van der Waals surface area contributed by atoms with Crippen LogP contribution in [0.3, 0.4) is 0 Å². The third-order valence-corrected chi connectivity index (χ3v) is 5.74. The molecule has 0 amide bonds. The molecule has 0 aliphatic carbocycles. The third kappa shape index (κ3) is 6.37. The lowest BCUT2D eigenvalue weighted by Gasteiger charge is -2.24. The number of rotatable bonds is 10. The van der Waals surface area contributed by atoms with Crippen LogP contribution in [0.15, 0.2) is 89.4 Å². The summed E-state index contributed by atoms with van der Waals surface area (Å²) in [6.45, 7) is 0.0395. The SMILES string of the molecule is O=CC[C@@H](c1ccccc1Br)C(C(=O)OCc1ccccc1)C(=O)OCc1ccccc1. The van der Waals surface area contributed by atoms with Crippen molar-refractivity contribution in [3.05, 3.63) is 106 Å². The molecule has 164 valence electrons. The molecule has 0 saturated heterocycles. The van der Waals surface area contributed by atoms with Gasteiger partial charge in [0, 0.05) is 16.8 Å². The van der Waals surface area contributed by atoms with E-state index in [9.17, 15) is 14.4 Å². The van der Waals surface area contributed by atoms with Gasteiger partial charge in [-0.3, -0.25) is 9.59 Å². The lowest BCUT2D eigenvalue weighted by atomic mass is 9.83. The number of halogens is 1. The van der Waals surface area contributed by atoms with Crippen LogP contribution in [0.5, 0.6) is 0 Å². The van der Waals surface area contributed by atoms with Gasteiger partial charge in [-0.2, -0.15) is 0 Å². The second-order valence-corrected chi connectivity index (χ2v) is 8.05. The van der Waals surface area contributed by atoms with Crippen LogP contribution in [0.25, 0.3) is 0 Å². The molecule has 5 nitrogen and oxygen atoms in total. The van der Waals surface area contributed by atoms with Gasteiger partial charge in [0.2, 0.25) is 0 Å². The molecule has 6 heteroatoms. The number of hydrogen-bond donors (Lipinski definition) is 0. The first-order chi connectivity index (χ1) is 15.6. The molecule has 0 unspecified atom stereocenters. The molecule has 32 heavy (non-hydrogen) atoms. The first-order valence-electron chi connectivity index (χ1n) is 10.2. The summed E-state index contributed by atoms with van der Waals surface area (Å²) in [6.07, 6.45) is 0.667. The van der Waals surface area contributed by atoms with Crippen molar-refractivity contribution in [2.24, 2.45) is 5.92 Å². The quantitative estimate of drug-likeness (QED) is 0.219. The van der Waals surface area contributed by atoms with E-state index in [1.54, 1.807) is 18.2 Å². The highest BCUT2D eigenvalue weighted by Gasteiger charge is 2.39. The smallest absolute Gasteiger partial charge is 0.321 e. The molecule has 3 rings (SSSR count). The van der Waals surface area contributed by atoms with Crippen LogP contribution < -0.4 is 0 Å². The van der Waals surface area contributed by atoms with Crippen LogP contribution in [0.2, 0.25) is 0 Å². The molecule has 0 heterocycles. The van der Waals surface area contributed by atoms with E-state index in [0.717, 1.165) is 11.1 Å². The normalized spacial score (nSPS) is 11.6. The summed E-state index contributed by atoms with van der Waals surface area (Å²) >= 11 is 3.46. The lowest BCUT2D eigenvalue weighted by Crippen LogP contribution is -2.33. The summed E-state index contributed by atoms with van der Waals surface area (Å²) in [5.74, 6) is -3.47. The predicted molar refractivity (Wildman–Crippen MR) is 124 cm³/mol. The van der Waals surface area contributed by atoms with E-state index in [0.29, 0.717) is 16.3 Å². The first-order valence-corrected chi connectivity index (χ1v) is 11.0. The van der Waals surface area contributed by atoms with Crippen molar-refractivity contribution in [3.63, 3.8) is 0 Å². The Balaban J connectivity index is 1.85. The van der Waals surface area contributed by atoms with E-state index in [4.69, 9.17) is 9.47 Å². The van der Waals surface area contributed by atoms with Crippen molar-refractivity contribution in [3.8, 4) is 0 Å². The Morgan fingerprint density at radius 2 is 1.22 bits per heavy atom. The number of aldehydes is 1. The highest BCUT2D eigenvalue weighted by atomic mass is 79.9. The van der Waals surface area contributed by atoms with Gasteiger partial charge in [-0.25, -0.2) is 0 Å². The lowest BCUT2D eigenvalue weighted by molar-refractivity contribution is -0.165. The van der Waals surface area contributed by atoms with Crippen molar-refractivity contribution in [1.29, 1.82) is 0 Å². The average molecular weight is 495 g/mol. The van der Waals surface area contributed by atoms with Crippen LogP contribution in [0.1, 0.15) is 29.0 Å². The molecular formula is C26H23BrO5. The third-order valence-electron chi connectivity index (χ3n) is 5.01. The minimum atomic E-state index is -1.29. The summed E-state index contributed by atoms with van der Waals surface area (Å²) in [6, 6.07) is 25.6. The van der Waals surface area contributed by atoms with Gasteiger partial charge in [-0.15, -0.1) is 0 Å². The zero-order valence-corrected chi connectivity index (χ0v) is 18.9. The maximum Gasteiger partial charge on any atom is 0.321 e. The molecular weight excluding hydrogens is 472 g/mol. The Kier molecular flexibility index (Phi) is 8.75. The minimum Gasteiger partial charge on any atom is -0.460 e. The van der Waals surface area contributed by atoms with Gasteiger partial charge in [0.1, 0.15) is 19.5 Å². The Morgan fingerprint density at radius 3 is 1.69 bits per heavy atom. The van der Waals surface area contributed by atoms with Gasteiger partial charge in [-0.05, 0) is 22.8 Å². The van der Waals surface area contributed by atoms with Gasteiger partial charge in [0.25, 0.3) is 0 Å². The fourth-order valence-corrected chi connectivity index (χ4v) is 3.96. The fourth-order valence-electron chi connectivity index (χ4n) is 3.38. The molecule has 0 N–H and O–H groups in total. The molecule has 0 aliphatic heterocycles. The van der Waals surface area contributed by atoms with E-state index < -0.39 is 23.8 Å². The van der Waals surface area contributed by atoms with E-state index in [1.807, 2.05) is 66.7 Å². The van der Waals surface area contributed by atoms with E-state index in [1.165, 1.54) is 0 Å². The molecule has 1 atom stereocenters. The topological polar surface area (TPSA) is 69.7 Å². The van der Waals surface area contributed by atoms with Crippen molar-refractivity contribution in [2.45, 2.75) is 25.6 Å². The number of esters is 2. The summed E-state index contributed by atoms with van der Waals surface area (Å²) in [4.78, 5) is 37.7. The zero-order chi connectivity index (χ0) is 22.8. The van der Waals surface area contributed by atoms with Crippen LogP contribution in [0, 0.1) is 5.92 Å². The first kappa shape index (κ1) is 23.4.